The van der Waals surface area contributed by atoms with E-state index in [-0.39, 0.29) is 0 Å². The van der Waals surface area contributed by atoms with E-state index in [1.807, 2.05) is 11.8 Å². The third kappa shape index (κ3) is 2.04. The normalized spacial score (nSPS) is 24.3. The van der Waals surface area contributed by atoms with Crippen molar-refractivity contribution in [2.24, 2.45) is 0 Å². The molecule has 96 valence electrons. The second-order valence-electron chi connectivity index (χ2n) is 5.17. The summed E-state index contributed by atoms with van der Waals surface area (Å²) in [7, 11) is 0. The summed E-state index contributed by atoms with van der Waals surface area (Å²) in [5.41, 5.74) is 0.766. The molecule has 0 amide bonds. The maximum Gasteiger partial charge on any atom is 0.323 e. The molecule has 1 unspecified atom stereocenters. The first-order valence-electron chi connectivity index (χ1n) is 6.43. The number of hydrogen-bond acceptors (Lipinski definition) is 3. The van der Waals surface area contributed by atoms with Gasteiger partial charge in [0, 0.05) is 16.7 Å². The van der Waals surface area contributed by atoms with Gasteiger partial charge in [-0.3, -0.25) is 4.79 Å². The summed E-state index contributed by atoms with van der Waals surface area (Å²) < 4.78 is 0. The zero-order chi connectivity index (χ0) is 12.6. The molecule has 1 aromatic rings. The van der Waals surface area contributed by atoms with Crippen molar-refractivity contribution in [2.75, 3.05) is 6.54 Å². The van der Waals surface area contributed by atoms with Crippen LogP contribution in [0.25, 0.3) is 0 Å². The molecule has 1 saturated carbocycles. The molecule has 2 aliphatic rings. The minimum atomic E-state index is -0.686. The Balaban J connectivity index is 1.59. The average Bonchev–Trinajstić information content (AvgIpc) is 2.69. The van der Waals surface area contributed by atoms with E-state index in [9.17, 15) is 9.90 Å². The maximum absolute atomic E-state index is 11.3. The fourth-order valence-electron chi connectivity index (χ4n) is 2.67. The van der Waals surface area contributed by atoms with Crippen LogP contribution in [0.5, 0.6) is 0 Å². The van der Waals surface area contributed by atoms with Gasteiger partial charge in [0.15, 0.2) is 0 Å². The molecular weight excluding hydrogens is 246 g/mol. The zero-order valence-corrected chi connectivity index (χ0v) is 11.0. The van der Waals surface area contributed by atoms with Gasteiger partial charge in [0.1, 0.15) is 5.54 Å². The molecule has 2 N–H and O–H groups in total. The van der Waals surface area contributed by atoms with Crippen LogP contribution in [0.3, 0.4) is 0 Å². The Bertz CT molecular complexity index is 446. The number of thioether (sulfide) groups is 1. The molecule has 1 atom stereocenters. The quantitative estimate of drug-likeness (QED) is 0.875. The van der Waals surface area contributed by atoms with Gasteiger partial charge in [-0.25, -0.2) is 0 Å². The van der Waals surface area contributed by atoms with Crippen molar-refractivity contribution in [1.29, 1.82) is 0 Å². The molecular formula is C14H17NO2S. The van der Waals surface area contributed by atoms with E-state index in [1.54, 1.807) is 0 Å². The first-order chi connectivity index (χ1) is 8.70. The van der Waals surface area contributed by atoms with E-state index in [0.717, 1.165) is 32.2 Å². The Morgan fingerprint density at radius 2 is 2.22 bits per heavy atom. The highest BCUT2D eigenvalue weighted by atomic mass is 32.2. The van der Waals surface area contributed by atoms with E-state index in [0.29, 0.717) is 5.25 Å². The molecule has 1 fully saturated rings. The van der Waals surface area contributed by atoms with Crippen LogP contribution in [0.4, 0.5) is 0 Å². The van der Waals surface area contributed by atoms with E-state index in [1.165, 1.54) is 10.5 Å². The van der Waals surface area contributed by atoms with Crippen LogP contribution in [-0.2, 0) is 11.2 Å². The van der Waals surface area contributed by atoms with Crippen LogP contribution in [0.2, 0.25) is 0 Å². The van der Waals surface area contributed by atoms with Crippen LogP contribution in [0.15, 0.2) is 29.2 Å². The van der Waals surface area contributed by atoms with Crippen molar-refractivity contribution in [3.05, 3.63) is 29.8 Å². The minimum Gasteiger partial charge on any atom is -0.480 e. The Morgan fingerprint density at radius 3 is 2.83 bits per heavy atom. The fourth-order valence-corrected chi connectivity index (χ4v) is 3.92. The maximum atomic E-state index is 11.3. The summed E-state index contributed by atoms with van der Waals surface area (Å²) in [4.78, 5) is 12.6. The Hall–Kier alpha value is -1.00. The zero-order valence-electron chi connectivity index (χ0n) is 10.2. The lowest BCUT2D eigenvalue weighted by Gasteiger charge is -2.39. The molecule has 1 aliphatic heterocycles. The van der Waals surface area contributed by atoms with Crippen molar-refractivity contribution in [3.8, 4) is 0 Å². The molecule has 0 bridgehead atoms. The topological polar surface area (TPSA) is 49.3 Å². The van der Waals surface area contributed by atoms with Gasteiger partial charge < -0.3 is 10.4 Å². The van der Waals surface area contributed by atoms with Gasteiger partial charge >= 0.3 is 5.97 Å². The third-order valence-corrected chi connectivity index (χ3v) is 5.32. The first kappa shape index (κ1) is 12.1. The Morgan fingerprint density at radius 1 is 1.44 bits per heavy atom. The largest absolute Gasteiger partial charge is 0.480 e. The summed E-state index contributed by atoms with van der Waals surface area (Å²) in [6.07, 6.45) is 3.61. The summed E-state index contributed by atoms with van der Waals surface area (Å²) in [6, 6.07) is 8.45. The monoisotopic (exact) mass is 263 g/mol. The van der Waals surface area contributed by atoms with Gasteiger partial charge in [-0.2, -0.15) is 0 Å². The number of rotatable bonds is 4. The highest BCUT2D eigenvalue weighted by molar-refractivity contribution is 8.00. The van der Waals surface area contributed by atoms with Crippen molar-refractivity contribution >= 4 is 17.7 Å². The van der Waals surface area contributed by atoms with Crippen molar-refractivity contribution in [2.45, 2.75) is 41.4 Å². The van der Waals surface area contributed by atoms with Crippen LogP contribution >= 0.6 is 11.8 Å². The lowest BCUT2D eigenvalue weighted by Crippen LogP contribution is -2.58. The van der Waals surface area contributed by atoms with E-state index in [4.69, 9.17) is 0 Å². The Labute approximate surface area is 111 Å². The van der Waals surface area contributed by atoms with Gasteiger partial charge in [0.2, 0.25) is 0 Å². The molecule has 1 heterocycles. The SMILES string of the molecule is O=C(O)C1(NCC2Cc3ccccc3S2)CCC1. The molecule has 0 spiro atoms. The molecule has 1 aromatic carbocycles. The van der Waals surface area contributed by atoms with Gasteiger partial charge in [-0.1, -0.05) is 18.2 Å². The van der Waals surface area contributed by atoms with E-state index >= 15 is 0 Å². The van der Waals surface area contributed by atoms with Crippen LogP contribution in [0.1, 0.15) is 24.8 Å². The standard InChI is InChI=1S/C14H17NO2S/c16-13(17)14(6-3-7-14)15-9-11-8-10-4-1-2-5-12(10)18-11/h1-2,4-5,11,15H,3,6-9H2,(H,16,17). The lowest BCUT2D eigenvalue weighted by atomic mass is 9.76. The van der Waals surface area contributed by atoms with Crippen molar-refractivity contribution < 1.29 is 9.90 Å². The summed E-state index contributed by atoms with van der Waals surface area (Å²) in [5, 5.41) is 13.0. The average molecular weight is 263 g/mol. The van der Waals surface area contributed by atoms with E-state index < -0.39 is 11.5 Å². The molecule has 0 aromatic heterocycles. The van der Waals surface area contributed by atoms with E-state index in [2.05, 4.69) is 29.6 Å². The molecule has 18 heavy (non-hydrogen) atoms. The van der Waals surface area contributed by atoms with Crippen molar-refractivity contribution in [1.82, 2.24) is 5.32 Å². The number of hydrogen-bond donors (Lipinski definition) is 2. The van der Waals surface area contributed by atoms with Crippen LogP contribution in [-0.4, -0.2) is 28.4 Å². The highest BCUT2D eigenvalue weighted by Gasteiger charge is 2.44. The second-order valence-corrected chi connectivity index (χ2v) is 6.52. The van der Waals surface area contributed by atoms with Gasteiger partial charge in [0.05, 0.1) is 0 Å². The lowest BCUT2D eigenvalue weighted by molar-refractivity contribution is -0.148. The predicted molar refractivity (Wildman–Crippen MR) is 72.0 cm³/mol. The van der Waals surface area contributed by atoms with Crippen LogP contribution in [0, 0.1) is 0 Å². The number of carboxylic acids is 1. The molecule has 3 rings (SSSR count). The van der Waals surface area contributed by atoms with Crippen molar-refractivity contribution in [3.63, 3.8) is 0 Å². The number of nitrogens with one attached hydrogen (secondary N) is 1. The molecule has 0 radical (unpaired) electrons. The summed E-state index contributed by atoms with van der Waals surface area (Å²) in [5.74, 6) is -0.686. The minimum absolute atomic E-state index is 0.472. The molecule has 0 saturated heterocycles. The smallest absolute Gasteiger partial charge is 0.323 e. The fraction of sp³-hybridized carbons (Fsp3) is 0.500. The molecule has 4 heteroatoms. The number of carboxylic acid groups (broad SMARTS) is 1. The number of fused-ring (bicyclic) bond motifs is 1. The number of benzene rings is 1. The predicted octanol–water partition coefficient (Wildman–Crippen LogP) is 2.30. The van der Waals surface area contributed by atoms with Gasteiger partial charge in [-0.15, -0.1) is 11.8 Å². The van der Waals surface area contributed by atoms with Gasteiger partial charge in [-0.05, 0) is 37.3 Å². The second kappa shape index (κ2) is 4.59. The summed E-state index contributed by atoms with van der Waals surface area (Å²) >= 11 is 1.87. The van der Waals surface area contributed by atoms with Crippen LogP contribution < -0.4 is 5.32 Å². The third-order valence-electron chi connectivity index (χ3n) is 4.00. The number of carbonyl (C=O) groups is 1. The molecule has 3 nitrogen and oxygen atoms in total. The highest BCUT2D eigenvalue weighted by Crippen LogP contribution is 2.38. The number of aliphatic carboxylic acids is 1. The van der Waals surface area contributed by atoms with Gasteiger partial charge in [0.25, 0.3) is 0 Å². The first-order valence-corrected chi connectivity index (χ1v) is 7.31. The Kier molecular flexibility index (Phi) is 3.08. The molecule has 1 aliphatic carbocycles. The summed E-state index contributed by atoms with van der Waals surface area (Å²) in [6.45, 7) is 0.783.